The molecule has 0 saturated heterocycles. The lowest BCUT2D eigenvalue weighted by molar-refractivity contribution is 0.184. The minimum atomic E-state index is -0.709. The molecule has 1 atom stereocenters. The quantitative estimate of drug-likeness (QED) is 0.879. The lowest BCUT2D eigenvalue weighted by Gasteiger charge is -2.13. The van der Waals surface area contributed by atoms with Crippen LogP contribution in [0.15, 0.2) is 42.7 Å². The summed E-state index contributed by atoms with van der Waals surface area (Å²) in [6.07, 6.45) is 2.58. The number of aliphatic hydroxyl groups excluding tert-OH is 1. The molecule has 0 aliphatic heterocycles. The number of aliphatic hydroxyl groups is 1. The zero-order chi connectivity index (χ0) is 14.4. The second kappa shape index (κ2) is 7.03. The molecule has 0 bridgehead atoms. The van der Waals surface area contributed by atoms with Gasteiger partial charge < -0.3 is 14.6 Å². The fourth-order valence-electron chi connectivity index (χ4n) is 1.99. The van der Waals surface area contributed by atoms with Crippen LogP contribution in [0.3, 0.4) is 0 Å². The summed E-state index contributed by atoms with van der Waals surface area (Å²) in [7, 11) is 1.66. The highest BCUT2D eigenvalue weighted by molar-refractivity contribution is 5.33. The van der Waals surface area contributed by atoms with Crippen LogP contribution in [-0.2, 0) is 11.3 Å². The first-order chi connectivity index (χ1) is 9.74. The Morgan fingerprint density at radius 2 is 1.90 bits per heavy atom. The zero-order valence-corrected chi connectivity index (χ0v) is 11.7. The average Bonchev–Trinajstić information content (AvgIpc) is 2.48. The maximum Gasteiger partial charge on any atom is 0.137 e. The molecule has 0 amide bonds. The smallest absolute Gasteiger partial charge is 0.137 e. The van der Waals surface area contributed by atoms with E-state index in [-0.39, 0.29) is 0 Å². The van der Waals surface area contributed by atoms with E-state index < -0.39 is 6.10 Å². The van der Waals surface area contributed by atoms with Crippen molar-refractivity contribution in [3.05, 3.63) is 59.4 Å². The summed E-state index contributed by atoms with van der Waals surface area (Å²) in [6.45, 7) is 3.06. The van der Waals surface area contributed by atoms with Gasteiger partial charge in [0.2, 0.25) is 0 Å². The van der Waals surface area contributed by atoms with E-state index in [1.165, 1.54) is 0 Å². The van der Waals surface area contributed by atoms with Gasteiger partial charge in [0.25, 0.3) is 0 Å². The monoisotopic (exact) mass is 273 g/mol. The molecule has 0 fully saturated rings. The van der Waals surface area contributed by atoms with Gasteiger partial charge in [0, 0.05) is 18.9 Å². The summed E-state index contributed by atoms with van der Waals surface area (Å²) in [4.78, 5) is 4.09. The van der Waals surface area contributed by atoms with Crippen molar-refractivity contribution in [2.45, 2.75) is 19.6 Å². The minimum absolute atomic E-state index is 0.567. The van der Waals surface area contributed by atoms with Crippen molar-refractivity contribution in [3.8, 4) is 5.75 Å². The molecule has 0 aliphatic rings. The topological polar surface area (TPSA) is 51.6 Å². The molecule has 2 aromatic rings. The normalized spacial score (nSPS) is 12.2. The molecule has 4 nitrogen and oxygen atoms in total. The molecule has 1 unspecified atom stereocenters. The average molecular weight is 273 g/mol. The van der Waals surface area contributed by atoms with Crippen molar-refractivity contribution >= 4 is 0 Å². The van der Waals surface area contributed by atoms with Gasteiger partial charge in [-0.05, 0) is 24.1 Å². The number of aromatic nitrogens is 1. The minimum Gasteiger partial charge on any atom is -0.492 e. The summed E-state index contributed by atoms with van der Waals surface area (Å²) >= 11 is 0. The first-order valence-corrected chi connectivity index (χ1v) is 6.58. The van der Waals surface area contributed by atoms with Gasteiger partial charge in [-0.25, -0.2) is 0 Å². The molecular formula is C16H19NO3. The Morgan fingerprint density at radius 1 is 1.15 bits per heavy atom. The first-order valence-electron chi connectivity index (χ1n) is 6.58. The first kappa shape index (κ1) is 14.5. The third-order valence-electron chi connectivity index (χ3n) is 2.97. The van der Waals surface area contributed by atoms with E-state index in [9.17, 15) is 5.11 Å². The number of nitrogens with zero attached hydrogens (tertiary/aromatic N) is 1. The van der Waals surface area contributed by atoms with Gasteiger partial charge in [-0.2, -0.15) is 0 Å². The highest BCUT2D eigenvalue weighted by atomic mass is 16.5. The maximum absolute atomic E-state index is 10.4. The van der Waals surface area contributed by atoms with Crippen LogP contribution in [0.1, 0.15) is 29.7 Å². The molecule has 106 valence electrons. The predicted molar refractivity (Wildman–Crippen MR) is 76.6 cm³/mol. The predicted octanol–water partition coefficient (Wildman–Crippen LogP) is 2.71. The van der Waals surface area contributed by atoms with Crippen LogP contribution in [0.2, 0.25) is 0 Å². The molecule has 0 saturated carbocycles. The molecule has 1 aromatic carbocycles. The second-order valence-corrected chi connectivity index (χ2v) is 4.46. The van der Waals surface area contributed by atoms with E-state index in [4.69, 9.17) is 9.47 Å². The Balaban J connectivity index is 2.17. The molecule has 1 N–H and O–H groups in total. The van der Waals surface area contributed by atoms with Crippen LogP contribution >= 0.6 is 0 Å². The van der Waals surface area contributed by atoms with Crippen LogP contribution in [0, 0.1) is 0 Å². The molecule has 2 rings (SSSR count). The third-order valence-corrected chi connectivity index (χ3v) is 2.97. The zero-order valence-electron chi connectivity index (χ0n) is 11.7. The van der Waals surface area contributed by atoms with Gasteiger partial charge >= 0.3 is 0 Å². The molecule has 0 radical (unpaired) electrons. The Morgan fingerprint density at radius 3 is 2.55 bits per heavy atom. The molecule has 4 heteroatoms. The molecule has 0 aliphatic carbocycles. The van der Waals surface area contributed by atoms with Gasteiger partial charge in [0.15, 0.2) is 0 Å². The summed E-state index contributed by atoms with van der Waals surface area (Å²) < 4.78 is 10.5. The summed E-state index contributed by atoms with van der Waals surface area (Å²) in [5, 5.41) is 10.4. The Labute approximate surface area is 119 Å². The SMILES string of the molecule is CCOc1cncc(C(O)c2ccc(COC)cc2)c1. The van der Waals surface area contributed by atoms with Crippen molar-refractivity contribution < 1.29 is 14.6 Å². The van der Waals surface area contributed by atoms with Crippen LogP contribution < -0.4 is 4.74 Å². The fraction of sp³-hybridized carbons (Fsp3) is 0.312. The third kappa shape index (κ3) is 3.56. The Hall–Kier alpha value is -1.91. The number of hydrogen-bond acceptors (Lipinski definition) is 4. The summed E-state index contributed by atoms with van der Waals surface area (Å²) in [6, 6.07) is 9.49. The van der Waals surface area contributed by atoms with Crippen LogP contribution in [0.4, 0.5) is 0 Å². The summed E-state index contributed by atoms with van der Waals surface area (Å²) in [5.41, 5.74) is 2.61. The van der Waals surface area contributed by atoms with Gasteiger partial charge in [-0.3, -0.25) is 4.98 Å². The highest BCUT2D eigenvalue weighted by Gasteiger charge is 2.11. The number of ether oxygens (including phenoxy) is 2. The number of rotatable bonds is 6. The van der Waals surface area contributed by atoms with E-state index in [0.717, 1.165) is 16.7 Å². The highest BCUT2D eigenvalue weighted by Crippen LogP contribution is 2.24. The second-order valence-electron chi connectivity index (χ2n) is 4.46. The maximum atomic E-state index is 10.4. The fourth-order valence-corrected chi connectivity index (χ4v) is 1.99. The van der Waals surface area contributed by atoms with Crippen molar-refractivity contribution in [1.29, 1.82) is 0 Å². The lowest BCUT2D eigenvalue weighted by atomic mass is 10.0. The van der Waals surface area contributed by atoms with E-state index >= 15 is 0 Å². The number of methoxy groups -OCH3 is 1. The van der Waals surface area contributed by atoms with Crippen molar-refractivity contribution in [2.24, 2.45) is 0 Å². The number of hydrogen-bond donors (Lipinski definition) is 1. The molecule has 0 spiro atoms. The Bertz CT molecular complexity index is 540. The number of pyridine rings is 1. The van der Waals surface area contributed by atoms with Gasteiger partial charge in [0.05, 0.1) is 19.4 Å². The van der Waals surface area contributed by atoms with Gasteiger partial charge in [0.1, 0.15) is 11.9 Å². The lowest BCUT2D eigenvalue weighted by Crippen LogP contribution is -2.02. The van der Waals surface area contributed by atoms with Crippen LogP contribution in [0.5, 0.6) is 5.75 Å². The van der Waals surface area contributed by atoms with Crippen LogP contribution in [-0.4, -0.2) is 23.8 Å². The van der Waals surface area contributed by atoms with Crippen LogP contribution in [0.25, 0.3) is 0 Å². The van der Waals surface area contributed by atoms with Crippen molar-refractivity contribution in [1.82, 2.24) is 4.98 Å². The largest absolute Gasteiger partial charge is 0.492 e. The van der Waals surface area contributed by atoms with E-state index in [1.807, 2.05) is 37.3 Å². The molecule has 20 heavy (non-hydrogen) atoms. The molecule has 1 heterocycles. The van der Waals surface area contributed by atoms with Gasteiger partial charge in [-0.1, -0.05) is 24.3 Å². The van der Waals surface area contributed by atoms with Gasteiger partial charge in [-0.15, -0.1) is 0 Å². The van der Waals surface area contributed by atoms with E-state index in [2.05, 4.69) is 4.98 Å². The van der Waals surface area contributed by atoms with E-state index in [0.29, 0.717) is 19.0 Å². The molecular weight excluding hydrogens is 254 g/mol. The van der Waals surface area contributed by atoms with Crippen molar-refractivity contribution in [3.63, 3.8) is 0 Å². The Kier molecular flexibility index (Phi) is 5.09. The standard InChI is InChI=1S/C16H19NO3/c1-3-20-15-8-14(9-17-10-15)16(18)13-6-4-12(5-7-13)11-19-2/h4-10,16,18H,3,11H2,1-2H3. The number of benzene rings is 1. The van der Waals surface area contributed by atoms with Crippen molar-refractivity contribution in [2.75, 3.05) is 13.7 Å². The van der Waals surface area contributed by atoms with E-state index in [1.54, 1.807) is 19.5 Å². The molecule has 1 aromatic heterocycles. The summed E-state index contributed by atoms with van der Waals surface area (Å²) in [5.74, 6) is 0.667.